The Hall–Kier alpha value is -1.12. The van der Waals surface area contributed by atoms with Crippen LogP contribution in [-0.2, 0) is 10.2 Å². The van der Waals surface area contributed by atoms with Gasteiger partial charge in [0.2, 0.25) is 0 Å². The van der Waals surface area contributed by atoms with Crippen LogP contribution in [0.15, 0.2) is 22.7 Å². The van der Waals surface area contributed by atoms with Crippen LogP contribution in [0.3, 0.4) is 0 Å². The molecule has 116 valence electrons. The lowest BCUT2D eigenvalue weighted by atomic mass is 10.1. The first-order chi connectivity index (χ1) is 9.81. The van der Waals surface area contributed by atoms with E-state index in [0.717, 1.165) is 19.3 Å². The van der Waals surface area contributed by atoms with E-state index in [1.54, 1.807) is 6.07 Å². The summed E-state index contributed by atoms with van der Waals surface area (Å²) in [6.07, 6.45) is 2.64. The van der Waals surface area contributed by atoms with Crippen molar-refractivity contribution in [1.29, 1.82) is 0 Å². The number of hydrogen-bond donors (Lipinski definition) is 2. The highest BCUT2D eigenvalue weighted by Crippen LogP contribution is 2.25. The second kappa shape index (κ2) is 6.33. The van der Waals surface area contributed by atoms with Gasteiger partial charge in [-0.3, -0.25) is 4.72 Å². The maximum atomic E-state index is 12.4. The van der Waals surface area contributed by atoms with E-state index in [2.05, 4.69) is 20.7 Å². The molecule has 0 bridgehead atoms. The minimum Gasteiger partial charge on any atom is -0.478 e. The molecule has 1 aromatic rings. The average Bonchev–Trinajstić information content (AvgIpc) is 2.40. The summed E-state index contributed by atoms with van der Waals surface area (Å²) in [6.45, 7) is 2.31. The number of carboxylic acid groups (broad SMARTS) is 1. The predicted octanol–water partition coefficient (Wildman–Crippen LogP) is 2.68. The van der Waals surface area contributed by atoms with Crippen molar-refractivity contribution in [2.75, 3.05) is 11.3 Å². The predicted molar refractivity (Wildman–Crippen MR) is 83.7 cm³/mol. The molecular weight excluding hydrogens is 360 g/mol. The van der Waals surface area contributed by atoms with E-state index < -0.39 is 16.2 Å². The van der Waals surface area contributed by atoms with Gasteiger partial charge in [0.05, 0.1) is 11.3 Å². The number of nitrogens with one attached hydrogen (secondary N) is 1. The van der Waals surface area contributed by atoms with E-state index in [0.29, 0.717) is 11.0 Å². The highest BCUT2D eigenvalue weighted by Gasteiger charge is 2.30. The van der Waals surface area contributed by atoms with Crippen LogP contribution in [0.2, 0.25) is 0 Å². The highest BCUT2D eigenvalue weighted by molar-refractivity contribution is 9.10. The molecular formula is C13H17BrN2O4S. The van der Waals surface area contributed by atoms with Crippen LogP contribution < -0.4 is 4.72 Å². The molecule has 1 saturated heterocycles. The van der Waals surface area contributed by atoms with Gasteiger partial charge >= 0.3 is 16.2 Å². The Kier molecular flexibility index (Phi) is 4.90. The molecule has 0 radical (unpaired) electrons. The quantitative estimate of drug-likeness (QED) is 0.845. The van der Waals surface area contributed by atoms with Gasteiger partial charge in [0.1, 0.15) is 0 Å². The number of carboxylic acids is 1. The number of anilines is 1. The van der Waals surface area contributed by atoms with Gasteiger partial charge < -0.3 is 5.11 Å². The normalized spacial score (nSPS) is 20.2. The fourth-order valence-corrected chi connectivity index (χ4v) is 4.29. The van der Waals surface area contributed by atoms with E-state index in [1.807, 2.05) is 6.92 Å². The van der Waals surface area contributed by atoms with Crippen LogP contribution >= 0.6 is 15.9 Å². The molecule has 0 aliphatic carbocycles. The molecule has 6 nitrogen and oxygen atoms in total. The standard InChI is InChI=1S/C13H17BrN2O4S/c1-9-4-2-3-7-16(9)21(19,20)15-12-6-5-10(14)8-11(12)13(17)18/h5-6,8-9,15H,2-4,7H2,1H3,(H,17,18). The Morgan fingerprint density at radius 2 is 2.14 bits per heavy atom. The zero-order chi connectivity index (χ0) is 15.6. The summed E-state index contributed by atoms with van der Waals surface area (Å²) in [5.74, 6) is -1.18. The molecule has 0 amide bonds. The Morgan fingerprint density at radius 1 is 1.43 bits per heavy atom. The van der Waals surface area contributed by atoms with Crippen LogP contribution in [0, 0.1) is 0 Å². The monoisotopic (exact) mass is 376 g/mol. The molecule has 1 unspecified atom stereocenters. The summed E-state index contributed by atoms with van der Waals surface area (Å²) in [7, 11) is -3.75. The smallest absolute Gasteiger partial charge is 0.337 e. The van der Waals surface area contributed by atoms with Gasteiger partial charge in [-0.25, -0.2) is 4.79 Å². The molecule has 21 heavy (non-hydrogen) atoms. The van der Waals surface area contributed by atoms with Crippen molar-refractivity contribution >= 4 is 37.8 Å². The SMILES string of the molecule is CC1CCCCN1S(=O)(=O)Nc1ccc(Br)cc1C(=O)O. The van der Waals surface area contributed by atoms with Crippen molar-refractivity contribution in [1.82, 2.24) is 4.31 Å². The molecule has 2 rings (SSSR count). The molecule has 8 heteroatoms. The molecule has 2 N–H and O–H groups in total. The zero-order valence-electron chi connectivity index (χ0n) is 11.5. The van der Waals surface area contributed by atoms with Crippen molar-refractivity contribution < 1.29 is 18.3 Å². The summed E-state index contributed by atoms with van der Waals surface area (Å²) < 4.78 is 29.2. The number of carbonyl (C=O) groups is 1. The zero-order valence-corrected chi connectivity index (χ0v) is 13.9. The molecule has 0 spiro atoms. The van der Waals surface area contributed by atoms with E-state index in [1.165, 1.54) is 16.4 Å². The number of hydrogen-bond acceptors (Lipinski definition) is 3. The molecule has 0 saturated carbocycles. The second-order valence-corrected chi connectivity index (χ2v) is 7.60. The Labute approximate surface area is 132 Å². The number of halogens is 1. The van der Waals surface area contributed by atoms with E-state index in [-0.39, 0.29) is 17.3 Å². The van der Waals surface area contributed by atoms with Gasteiger partial charge in [-0.2, -0.15) is 12.7 Å². The third kappa shape index (κ3) is 3.75. The topological polar surface area (TPSA) is 86.7 Å². The maximum absolute atomic E-state index is 12.4. The minimum absolute atomic E-state index is 0.0727. The first-order valence-corrected chi connectivity index (χ1v) is 8.87. The van der Waals surface area contributed by atoms with Crippen LogP contribution in [-0.4, -0.2) is 36.4 Å². The molecule has 1 atom stereocenters. The molecule has 0 aromatic heterocycles. The van der Waals surface area contributed by atoms with Crippen LogP contribution in [0.5, 0.6) is 0 Å². The molecule has 1 aliphatic rings. The van der Waals surface area contributed by atoms with Crippen LogP contribution in [0.4, 0.5) is 5.69 Å². The molecule has 1 heterocycles. The Bertz CT molecular complexity index is 648. The third-order valence-corrected chi connectivity index (χ3v) is 5.63. The van der Waals surface area contributed by atoms with Crippen molar-refractivity contribution in [3.8, 4) is 0 Å². The second-order valence-electron chi connectivity index (χ2n) is 5.06. The van der Waals surface area contributed by atoms with Crippen molar-refractivity contribution in [2.45, 2.75) is 32.2 Å². The fourth-order valence-electron chi connectivity index (χ4n) is 2.41. The van der Waals surface area contributed by atoms with Crippen molar-refractivity contribution in [3.63, 3.8) is 0 Å². The molecule has 1 aliphatic heterocycles. The summed E-state index contributed by atoms with van der Waals surface area (Å²) in [6, 6.07) is 4.34. The fraction of sp³-hybridized carbons (Fsp3) is 0.462. The highest BCUT2D eigenvalue weighted by atomic mass is 79.9. The number of aromatic carboxylic acids is 1. The lowest BCUT2D eigenvalue weighted by Gasteiger charge is -2.32. The summed E-state index contributed by atoms with van der Waals surface area (Å²) in [5.41, 5.74) is -0.0129. The van der Waals surface area contributed by atoms with Crippen LogP contribution in [0.25, 0.3) is 0 Å². The van der Waals surface area contributed by atoms with Gasteiger partial charge in [-0.1, -0.05) is 22.4 Å². The first kappa shape index (κ1) is 16.3. The van der Waals surface area contributed by atoms with E-state index >= 15 is 0 Å². The third-order valence-electron chi connectivity index (χ3n) is 3.50. The minimum atomic E-state index is -3.75. The first-order valence-electron chi connectivity index (χ1n) is 6.63. The summed E-state index contributed by atoms with van der Waals surface area (Å²) >= 11 is 3.18. The van der Waals surface area contributed by atoms with Crippen molar-refractivity contribution in [3.05, 3.63) is 28.2 Å². The Morgan fingerprint density at radius 3 is 2.76 bits per heavy atom. The number of benzene rings is 1. The van der Waals surface area contributed by atoms with Gasteiger partial charge in [-0.15, -0.1) is 0 Å². The van der Waals surface area contributed by atoms with E-state index in [9.17, 15) is 18.3 Å². The summed E-state index contributed by atoms with van der Waals surface area (Å²) in [4.78, 5) is 11.2. The maximum Gasteiger partial charge on any atom is 0.337 e. The lowest BCUT2D eigenvalue weighted by molar-refractivity contribution is 0.0698. The number of rotatable bonds is 4. The van der Waals surface area contributed by atoms with Gasteiger partial charge in [0.15, 0.2) is 0 Å². The lowest BCUT2D eigenvalue weighted by Crippen LogP contribution is -2.45. The average molecular weight is 377 g/mol. The summed E-state index contributed by atoms with van der Waals surface area (Å²) in [5, 5.41) is 9.18. The van der Waals surface area contributed by atoms with E-state index in [4.69, 9.17) is 0 Å². The number of nitrogens with zero attached hydrogens (tertiary/aromatic N) is 1. The Balaban J connectivity index is 2.30. The van der Waals surface area contributed by atoms with Gasteiger partial charge in [-0.05, 0) is 38.0 Å². The van der Waals surface area contributed by atoms with Crippen LogP contribution in [0.1, 0.15) is 36.5 Å². The van der Waals surface area contributed by atoms with Gasteiger partial charge in [0, 0.05) is 17.1 Å². The van der Waals surface area contributed by atoms with Crippen molar-refractivity contribution in [2.24, 2.45) is 0 Å². The number of piperidine rings is 1. The molecule has 1 aromatic carbocycles. The molecule has 1 fully saturated rings. The van der Waals surface area contributed by atoms with Gasteiger partial charge in [0.25, 0.3) is 0 Å². The largest absolute Gasteiger partial charge is 0.478 e.